The first-order chi connectivity index (χ1) is 8.34. The molecule has 0 aliphatic carbocycles. The van der Waals surface area contributed by atoms with Crippen LogP contribution in [0.3, 0.4) is 0 Å². The van der Waals surface area contributed by atoms with Crippen molar-refractivity contribution in [2.45, 2.75) is 6.18 Å². The van der Waals surface area contributed by atoms with E-state index in [4.69, 9.17) is 4.74 Å². The third-order valence-electron chi connectivity index (χ3n) is 2.42. The van der Waals surface area contributed by atoms with Gasteiger partial charge in [0.15, 0.2) is 0 Å². The minimum absolute atomic E-state index is 0.142. The first kappa shape index (κ1) is 12.9. The second kappa shape index (κ2) is 4.31. The zero-order valence-electron chi connectivity index (χ0n) is 9.08. The van der Waals surface area contributed by atoms with Gasteiger partial charge in [-0.25, -0.2) is 0 Å². The molecular formula is C11H7BrF3NO2. The van der Waals surface area contributed by atoms with Crippen molar-refractivity contribution in [1.29, 1.82) is 0 Å². The van der Waals surface area contributed by atoms with E-state index in [0.717, 1.165) is 6.20 Å². The molecule has 2 aromatic rings. The second-order valence-electron chi connectivity index (χ2n) is 3.53. The summed E-state index contributed by atoms with van der Waals surface area (Å²) in [5.41, 5.74) is 0.142. The number of carbonyl (C=O) groups excluding carboxylic acids is 1. The third-order valence-corrected chi connectivity index (χ3v) is 2.87. The number of carbonyl (C=O) groups is 1. The van der Waals surface area contributed by atoms with Crippen molar-refractivity contribution in [1.82, 2.24) is 4.57 Å². The molecule has 1 aromatic carbocycles. The zero-order valence-corrected chi connectivity index (χ0v) is 10.7. The molecule has 0 unspecified atom stereocenters. The lowest BCUT2D eigenvalue weighted by molar-refractivity contribution is -0.0942. The predicted octanol–water partition coefficient (Wildman–Crippen LogP) is 3.61. The molecule has 0 bridgehead atoms. The van der Waals surface area contributed by atoms with Crippen LogP contribution >= 0.6 is 15.9 Å². The lowest BCUT2D eigenvalue weighted by atomic mass is 10.2. The Bertz CT molecular complexity index is 619. The molecule has 2 rings (SSSR count). The Hall–Kier alpha value is -1.50. The average Bonchev–Trinajstić information content (AvgIpc) is 2.68. The van der Waals surface area contributed by atoms with Gasteiger partial charge < -0.3 is 4.74 Å². The first-order valence-electron chi connectivity index (χ1n) is 4.80. The van der Waals surface area contributed by atoms with Gasteiger partial charge >= 0.3 is 12.1 Å². The predicted molar refractivity (Wildman–Crippen MR) is 62.9 cm³/mol. The van der Waals surface area contributed by atoms with E-state index in [1.165, 1.54) is 19.2 Å². The summed E-state index contributed by atoms with van der Waals surface area (Å²) in [4.78, 5) is 11.2. The van der Waals surface area contributed by atoms with Gasteiger partial charge in [0.25, 0.3) is 0 Å². The SMILES string of the molecule is COc1cc(Br)cc2c1ccn2C(=O)C(F)(F)F. The lowest BCUT2D eigenvalue weighted by Gasteiger charge is -2.08. The fourth-order valence-electron chi connectivity index (χ4n) is 1.66. The van der Waals surface area contributed by atoms with E-state index < -0.39 is 12.1 Å². The maximum Gasteiger partial charge on any atom is 0.472 e. The summed E-state index contributed by atoms with van der Waals surface area (Å²) < 4.78 is 43.4. The number of nitrogens with zero attached hydrogens (tertiary/aromatic N) is 1. The third kappa shape index (κ3) is 2.10. The molecule has 3 nitrogen and oxygen atoms in total. The van der Waals surface area contributed by atoms with Gasteiger partial charge in [-0.3, -0.25) is 9.36 Å². The minimum atomic E-state index is -4.92. The molecule has 0 spiro atoms. The molecule has 0 N–H and O–H groups in total. The molecule has 18 heavy (non-hydrogen) atoms. The van der Waals surface area contributed by atoms with Crippen molar-refractivity contribution in [2.24, 2.45) is 0 Å². The first-order valence-corrected chi connectivity index (χ1v) is 5.60. The van der Waals surface area contributed by atoms with Crippen molar-refractivity contribution in [3.63, 3.8) is 0 Å². The molecule has 0 radical (unpaired) electrons. The molecule has 0 atom stereocenters. The van der Waals surface area contributed by atoms with Gasteiger partial charge in [0.1, 0.15) is 5.75 Å². The van der Waals surface area contributed by atoms with Crippen molar-refractivity contribution in [3.05, 3.63) is 28.9 Å². The number of ether oxygens (including phenoxy) is 1. The van der Waals surface area contributed by atoms with Crippen LogP contribution in [-0.4, -0.2) is 23.8 Å². The number of fused-ring (bicyclic) bond motifs is 1. The summed E-state index contributed by atoms with van der Waals surface area (Å²) in [5, 5.41) is 0.443. The van der Waals surface area contributed by atoms with Crippen molar-refractivity contribution >= 4 is 32.7 Å². The van der Waals surface area contributed by atoms with E-state index in [-0.39, 0.29) is 5.52 Å². The maximum atomic E-state index is 12.4. The largest absolute Gasteiger partial charge is 0.496 e. The molecule has 0 amide bonds. The van der Waals surface area contributed by atoms with Gasteiger partial charge in [0.05, 0.1) is 12.6 Å². The van der Waals surface area contributed by atoms with Crippen LogP contribution in [0.5, 0.6) is 5.75 Å². The Morgan fingerprint density at radius 1 is 1.39 bits per heavy atom. The number of benzene rings is 1. The van der Waals surface area contributed by atoms with Gasteiger partial charge in [-0.05, 0) is 18.2 Å². The highest BCUT2D eigenvalue weighted by Crippen LogP contribution is 2.32. The quantitative estimate of drug-likeness (QED) is 0.803. The van der Waals surface area contributed by atoms with Crippen LogP contribution in [0.1, 0.15) is 4.79 Å². The molecule has 7 heteroatoms. The van der Waals surface area contributed by atoms with Gasteiger partial charge in [0, 0.05) is 16.1 Å². The van der Waals surface area contributed by atoms with Crippen LogP contribution in [0, 0.1) is 0 Å². The summed E-state index contributed by atoms with van der Waals surface area (Å²) in [5.74, 6) is -1.54. The van der Waals surface area contributed by atoms with Gasteiger partial charge in [0.2, 0.25) is 0 Å². The number of hydrogen-bond donors (Lipinski definition) is 0. The normalized spacial score (nSPS) is 11.8. The highest BCUT2D eigenvalue weighted by molar-refractivity contribution is 9.10. The molecule has 1 heterocycles. The number of methoxy groups -OCH3 is 1. The number of aromatic nitrogens is 1. The average molecular weight is 322 g/mol. The van der Waals surface area contributed by atoms with Crippen LogP contribution in [0.15, 0.2) is 28.9 Å². The van der Waals surface area contributed by atoms with Crippen LogP contribution in [0.2, 0.25) is 0 Å². The fraction of sp³-hybridized carbons (Fsp3) is 0.182. The Kier molecular flexibility index (Phi) is 3.10. The number of alkyl halides is 3. The Labute approximate surface area is 108 Å². The summed E-state index contributed by atoms with van der Waals surface area (Å²) in [7, 11) is 1.41. The zero-order chi connectivity index (χ0) is 13.5. The number of halogens is 4. The summed E-state index contributed by atoms with van der Waals surface area (Å²) in [6.07, 6.45) is -3.84. The monoisotopic (exact) mass is 321 g/mol. The van der Waals surface area contributed by atoms with E-state index in [0.29, 0.717) is 20.2 Å². The van der Waals surface area contributed by atoms with Crippen molar-refractivity contribution in [3.8, 4) is 5.75 Å². The number of hydrogen-bond acceptors (Lipinski definition) is 2. The van der Waals surface area contributed by atoms with Gasteiger partial charge in [-0.15, -0.1) is 0 Å². The van der Waals surface area contributed by atoms with Crippen LogP contribution in [0.4, 0.5) is 13.2 Å². The van der Waals surface area contributed by atoms with E-state index in [1.807, 2.05) is 0 Å². The van der Waals surface area contributed by atoms with Crippen LogP contribution in [0.25, 0.3) is 10.9 Å². The smallest absolute Gasteiger partial charge is 0.472 e. The minimum Gasteiger partial charge on any atom is -0.496 e. The summed E-state index contributed by atoms with van der Waals surface area (Å²) in [6.45, 7) is 0. The fourth-order valence-corrected chi connectivity index (χ4v) is 2.08. The molecular weight excluding hydrogens is 315 g/mol. The summed E-state index contributed by atoms with van der Waals surface area (Å²) in [6, 6.07) is 4.45. The van der Waals surface area contributed by atoms with E-state index >= 15 is 0 Å². The molecule has 0 saturated carbocycles. The molecule has 0 aliphatic heterocycles. The second-order valence-corrected chi connectivity index (χ2v) is 4.45. The molecule has 0 aliphatic rings. The van der Waals surface area contributed by atoms with Gasteiger partial charge in [-0.1, -0.05) is 15.9 Å². The molecule has 0 fully saturated rings. The molecule has 0 saturated heterocycles. The van der Waals surface area contributed by atoms with Crippen molar-refractivity contribution < 1.29 is 22.7 Å². The highest BCUT2D eigenvalue weighted by Gasteiger charge is 2.40. The lowest BCUT2D eigenvalue weighted by Crippen LogP contribution is -2.28. The highest BCUT2D eigenvalue weighted by atomic mass is 79.9. The van der Waals surface area contributed by atoms with E-state index in [2.05, 4.69) is 15.9 Å². The Morgan fingerprint density at radius 3 is 2.61 bits per heavy atom. The molecule has 1 aromatic heterocycles. The maximum absolute atomic E-state index is 12.4. The van der Waals surface area contributed by atoms with Gasteiger partial charge in [-0.2, -0.15) is 13.2 Å². The topological polar surface area (TPSA) is 31.2 Å². The van der Waals surface area contributed by atoms with E-state index in [1.54, 1.807) is 6.07 Å². The summed E-state index contributed by atoms with van der Waals surface area (Å²) >= 11 is 3.16. The van der Waals surface area contributed by atoms with Crippen LogP contribution in [-0.2, 0) is 0 Å². The standard InChI is InChI=1S/C11H7BrF3NO2/c1-18-9-5-6(12)4-8-7(9)2-3-16(8)10(17)11(13,14)15/h2-5H,1H3. The molecule has 96 valence electrons. The van der Waals surface area contributed by atoms with Crippen LogP contribution < -0.4 is 4.74 Å². The number of rotatable bonds is 1. The Balaban J connectivity index is 2.68. The van der Waals surface area contributed by atoms with Crippen molar-refractivity contribution in [2.75, 3.05) is 7.11 Å². The Morgan fingerprint density at radius 2 is 2.06 bits per heavy atom. The van der Waals surface area contributed by atoms with E-state index in [9.17, 15) is 18.0 Å².